The van der Waals surface area contributed by atoms with Gasteiger partial charge in [-0.05, 0) is 24.1 Å². The van der Waals surface area contributed by atoms with Gasteiger partial charge in [0.1, 0.15) is 5.75 Å². The Balaban J connectivity index is 1.55. The first-order valence-corrected chi connectivity index (χ1v) is 8.37. The van der Waals surface area contributed by atoms with E-state index in [0.717, 1.165) is 23.5 Å². The van der Waals surface area contributed by atoms with E-state index in [1.807, 2.05) is 36.4 Å². The molecule has 23 heavy (non-hydrogen) atoms. The number of nitrogens with one attached hydrogen (secondary N) is 1. The van der Waals surface area contributed by atoms with Crippen LogP contribution in [0, 0.1) is 0 Å². The molecule has 0 unspecified atom stereocenters. The highest BCUT2D eigenvalue weighted by molar-refractivity contribution is 8.00. The predicted molar refractivity (Wildman–Crippen MR) is 94.7 cm³/mol. The first-order valence-electron chi connectivity index (χ1n) is 7.38. The number of aromatic nitrogens is 1. The van der Waals surface area contributed by atoms with E-state index in [9.17, 15) is 0 Å². The summed E-state index contributed by atoms with van der Waals surface area (Å²) < 4.78 is 14.0. The molecule has 4 nitrogen and oxygen atoms in total. The van der Waals surface area contributed by atoms with Crippen molar-refractivity contribution in [1.82, 2.24) is 5.16 Å². The summed E-state index contributed by atoms with van der Waals surface area (Å²) in [6, 6.07) is 20.0. The molecule has 0 saturated heterocycles. The summed E-state index contributed by atoms with van der Waals surface area (Å²) in [5, 5.41) is 4.05. The van der Waals surface area contributed by atoms with E-state index < -0.39 is 0 Å². The van der Waals surface area contributed by atoms with E-state index in [0.29, 0.717) is 11.6 Å². The van der Waals surface area contributed by atoms with Crippen molar-refractivity contribution in [2.75, 3.05) is 17.6 Å². The predicted octanol–water partition coefficient (Wildman–Crippen LogP) is 4.65. The number of anilines is 1. The fraction of sp³-hybridized carbons (Fsp3) is 0.167. The SMILES string of the molecule is COc1ccccc1-c1cc(NSCCc2ccccc2)no1. The van der Waals surface area contributed by atoms with Crippen LogP contribution >= 0.6 is 11.9 Å². The van der Waals surface area contributed by atoms with Crippen molar-refractivity contribution in [1.29, 1.82) is 0 Å². The van der Waals surface area contributed by atoms with E-state index >= 15 is 0 Å². The van der Waals surface area contributed by atoms with Gasteiger partial charge in [0.25, 0.3) is 0 Å². The molecule has 0 radical (unpaired) electrons. The number of rotatable bonds is 7. The average molecular weight is 326 g/mol. The lowest BCUT2D eigenvalue weighted by Gasteiger charge is -2.03. The molecule has 1 heterocycles. The molecular weight excluding hydrogens is 308 g/mol. The maximum Gasteiger partial charge on any atom is 0.179 e. The van der Waals surface area contributed by atoms with Gasteiger partial charge < -0.3 is 14.0 Å². The Kier molecular flexibility index (Phi) is 5.21. The largest absolute Gasteiger partial charge is 0.496 e. The van der Waals surface area contributed by atoms with Crippen LogP contribution in [0.2, 0.25) is 0 Å². The standard InChI is InChI=1S/C18H18N2O2S/c1-21-16-10-6-5-9-15(16)17-13-18(19-22-17)20-23-12-11-14-7-3-2-4-8-14/h2-10,13H,11-12H2,1H3,(H,19,20). The number of hydrogen-bond acceptors (Lipinski definition) is 5. The van der Waals surface area contributed by atoms with Crippen molar-refractivity contribution in [2.45, 2.75) is 6.42 Å². The quantitative estimate of drug-likeness (QED) is 0.506. The highest BCUT2D eigenvalue weighted by Crippen LogP contribution is 2.31. The monoisotopic (exact) mass is 326 g/mol. The fourth-order valence-corrected chi connectivity index (χ4v) is 2.92. The maximum atomic E-state index is 5.40. The van der Waals surface area contributed by atoms with Crippen LogP contribution < -0.4 is 9.46 Å². The summed E-state index contributed by atoms with van der Waals surface area (Å²) in [5.41, 5.74) is 2.22. The van der Waals surface area contributed by atoms with Gasteiger partial charge in [0, 0.05) is 11.8 Å². The molecule has 0 aliphatic carbocycles. The Morgan fingerprint density at radius 2 is 1.87 bits per heavy atom. The number of methoxy groups -OCH3 is 1. The Bertz CT molecular complexity index is 744. The zero-order valence-corrected chi connectivity index (χ0v) is 13.7. The molecule has 0 aliphatic heterocycles. The number of nitrogens with zero attached hydrogens (tertiary/aromatic N) is 1. The lowest BCUT2D eigenvalue weighted by atomic mass is 10.1. The van der Waals surface area contributed by atoms with Gasteiger partial charge in [0.15, 0.2) is 11.6 Å². The summed E-state index contributed by atoms with van der Waals surface area (Å²) >= 11 is 1.62. The van der Waals surface area contributed by atoms with Gasteiger partial charge in [-0.2, -0.15) is 0 Å². The molecule has 3 aromatic rings. The van der Waals surface area contributed by atoms with Crippen LogP contribution in [0.25, 0.3) is 11.3 Å². The molecule has 0 aliphatic rings. The number of ether oxygens (including phenoxy) is 1. The molecule has 2 aromatic carbocycles. The van der Waals surface area contributed by atoms with Gasteiger partial charge in [0.05, 0.1) is 12.7 Å². The maximum absolute atomic E-state index is 5.40. The van der Waals surface area contributed by atoms with Crippen molar-refractivity contribution in [3.05, 3.63) is 66.2 Å². The summed E-state index contributed by atoms with van der Waals surface area (Å²) in [6.45, 7) is 0. The van der Waals surface area contributed by atoms with Crippen LogP contribution in [0.15, 0.2) is 65.2 Å². The molecule has 0 fully saturated rings. The van der Waals surface area contributed by atoms with E-state index in [4.69, 9.17) is 9.26 Å². The highest BCUT2D eigenvalue weighted by Gasteiger charge is 2.11. The minimum atomic E-state index is 0.689. The van der Waals surface area contributed by atoms with E-state index in [2.05, 4.69) is 34.1 Å². The molecule has 1 N–H and O–H groups in total. The van der Waals surface area contributed by atoms with Crippen LogP contribution in [-0.2, 0) is 6.42 Å². The van der Waals surface area contributed by atoms with Crippen molar-refractivity contribution in [3.63, 3.8) is 0 Å². The lowest BCUT2D eigenvalue weighted by Crippen LogP contribution is -1.93. The van der Waals surface area contributed by atoms with Crippen molar-refractivity contribution in [2.24, 2.45) is 0 Å². The van der Waals surface area contributed by atoms with Crippen LogP contribution in [0.1, 0.15) is 5.56 Å². The zero-order valence-electron chi connectivity index (χ0n) is 12.9. The smallest absolute Gasteiger partial charge is 0.179 e. The topological polar surface area (TPSA) is 47.3 Å². The molecular formula is C18H18N2O2S. The van der Waals surface area contributed by atoms with Crippen LogP contribution in [0.4, 0.5) is 5.82 Å². The van der Waals surface area contributed by atoms with Gasteiger partial charge in [-0.3, -0.25) is 0 Å². The van der Waals surface area contributed by atoms with Crippen LogP contribution in [-0.4, -0.2) is 18.0 Å². The molecule has 0 amide bonds. The number of hydrogen-bond donors (Lipinski definition) is 1. The third kappa shape index (κ3) is 4.07. The zero-order chi connectivity index (χ0) is 15.9. The van der Waals surface area contributed by atoms with Gasteiger partial charge in [-0.25, -0.2) is 0 Å². The second-order valence-corrected chi connectivity index (χ2v) is 5.86. The minimum Gasteiger partial charge on any atom is -0.496 e. The van der Waals surface area contributed by atoms with Crippen molar-refractivity contribution < 1.29 is 9.26 Å². The molecule has 0 atom stereocenters. The number of para-hydroxylation sites is 1. The molecule has 3 rings (SSSR count). The molecule has 0 spiro atoms. The molecule has 5 heteroatoms. The van der Waals surface area contributed by atoms with Gasteiger partial charge in [0.2, 0.25) is 0 Å². The number of benzene rings is 2. The Morgan fingerprint density at radius 1 is 1.09 bits per heavy atom. The first kappa shape index (κ1) is 15.5. The molecule has 118 valence electrons. The van der Waals surface area contributed by atoms with Crippen LogP contribution in [0.5, 0.6) is 5.75 Å². The third-order valence-electron chi connectivity index (χ3n) is 3.39. The second kappa shape index (κ2) is 7.74. The summed E-state index contributed by atoms with van der Waals surface area (Å²) in [5.74, 6) is 3.13. The van der Waals surface area contributed by atoms with E-state index in [-0.39, 0.29) is 0 Å². The summed E-state index contributed by atoms with van der Waals surface area (Å²) in [7, 11) is 1.65. The second-order valence-electron chi connectivity index (χ2n) is 4.96. The van der Waals surface area contributed by atoms with Crippen molar-refractivity contribution >= 4 is 17.8 Å². The molecule has 0 saturated carbocycles. The van der Waals surface area contributed by atoms with E-state index in [1.165, 1.54) is 5.56 Å². The van der Waals surface area contributed by atoms with Gasteiger partial charge in [-0.1, -0.05) is 59.6 Å². The van der Waals surface area contributed by atoms with Crippen LogP contribution in [0.3, 0.4) is 0 Å². The highest BCUT2D eigenvalue weighted by atomic mass is 32.2. The third-order valence-corrected chi connectivity index (χ3v) is 4.16. The summed E-state index contributed by atoms with van der Waals surface area (Å²) in [4.78, 5) is 0. The normalized spacial score (nSPS) is 10.5. The van der Waals surface area contributed by atoms with Crippen molar-refractivity contribution in [3.8, 4) is 17.1 Å². The number of aryl methyl sites for hydroxylation is 1. The Labute approximate surface area is 140 Å². The first-order chi connectivity index (χ1) is 11.4. The minimum absolute atomic E-state index is 0.689. The van der Waals surface area contributed by atoms with Gasteiger partial charge >= 0.3 is 0 Å². The van der Waals surface area contributed by atoms with E-state index in [1.54, 1.807) is 19.1 Å². The molecule has 1 aromatic heterocycles. The molecule has 0 bridgehead atoms. The Morgan fingerprint density at radius 3 is 2.70 bits per heavy atom. The van der Waals surface area contributed by atoms with Gasteiger partial charge in [-0.15, -0.1) is 0 Å². The average Bonchev–Trinajstić information content (AvgIpc) is 3.08. The fourth-order valence-electron chi connectivity index (χ4n) is 2.24. The Hall–Kier alpha value is -2.40. The lowest BCUT2D eigenvalue weighted by molar-refractivity contribution is 0.407. The summed E-state index contributed by atoms with van der Waals surface area (Å²) in [6.07, 6.45) is 1.01.